The zero-order chi connectivity index (χ0) is 26.3. The summed E-state index contributed by atoms with van der Waals surface area (Å²) in [6.07, 6.45) is 1.59. The number of amides is 1. The molecule has 0 saturated carbocycles. The van der Waals surface area contributed by atoms with Crippen LogP contribution in [-0.4, -0.2) is 57.3 Å². The second-order valence-electron chi connectivity index (χ2n) is 10.2. The van der Waals surface area contributed by atoms with Crippen molar-refractivity contribution in [1.82, 2.24) is 20.1 Å². The quantitative estimate of drug-likeness (QED) is 0.522. The molecule has 4 heterocycles. The van der Waals surface area contributed by atoms with Crippen LogP contribution in [0.3, 0.4) is 0 Å². The van der Waals surface area contributed by atoms with E-state index in [1.54, 1.807) is 30.5 Å². The summed E-state index contributed by atoms with van der Waals surface area (Å²) in [6, 6.07) is 14.0. The van der Waals surface area contributed by atoms with Gasteiger partial charge in [-0.1, -0.05) is 49.2 Å². The van der Waals surface area contributed by atoms with Crippen molar-refractivity contribution in [2.75, 3.05) is 31.1 Å². The number of carbonyl (C=O) groups excluding carboxylic acids is 1. The minimum Gasteiger partial charge on any atom is -0.384 e. The average Bonchev–Trinajstić information content (AvgIpc) is 3.33. The summed E-state index contributed by atoms with van der Waals surface area (Å²) in [5, 5.41) is 19.5. The maximum absolute atomic E-state index is 14.0. The molecule has 0 unspecified atom stereocenters. The number of H-pyrrole nitrogens is 1. The van der Waals surface area contributed by atoms with Gasteiger partial charge in [0.15, 0.2) is 0 Å². The number of anilines is 1. The number of aromatic amines is 1. The van der Waals surface area contributed by atoms with E-state index in [4.69, 9.17) is 23.2 Å². The molecule has 8 nitrogen and oxygen atoms in total. The summed E-state index contributed by atoms with van der Waals surface area (Å²) in [5.74, 6) is -0.305. The monoisotopic (exact) mass is 541 g/mol. The Morgan fingerprint density at radius 3 is 2.24 bits per heavy atom. The second-order valence-corrected chi connectivity index (χ2v) is 11.0. The molecule has 1 aromatic carbocycles. The molecule has 2 saturated heterocycles. The van der Waals surface area contributed by atoms with Gasteiger partial charge in [-0.3, -0.25) is 14.6 Å². The fourth-order valence-corrected chi connectivity index (χ4v) is 6.10. The Hall–Kier alpha value is -2.94. The van der Waals surface area contributed by atoms with Gasteiger partial charge in [0, 0.05) is 66.9 Å². The number of hydrogen-bond donors (Lipinski definition) is 2. The number of nitrogens with one attached hydrogen (secondary N) is 1. The van der Waals surface area contributed by atoms with Crippen LogP contribution in [0.15, 0.2) is 59.5 Å². The SMILES string of the molecule is C[C@@H]1CN(C(=O)[C@@H]2CN(c3ccc(=O)[nH]n3)C[C@H]2c2ccc(Cl)cn2)C[C@H](C)[C@]1(O)c1ccc(Cl)cc1. The van der Waals surface area contributed by atoms with E-state index in [2.05, 4.69) is 15.2 Å². The predicted octanol–water partition coefficient (Wildman–Crippen LogP) is 3.69. The largest absolute Gasteiger partial charge is 0.384 e. The average molecular weight is 542 g/mol. The summed E-state index contributed by atoms with van der Waals surface area (Å²) < 4.78 is 0. The van der Waals surface area contributed by atoms with Crippen molar-refractivity contribution in [3.8, 4) is 0 Å². The van der Waals surface area contributed by atoms with Crippen LogP contribution in [0, 0.1) is 17.8 Å². The molecule has 0 radical (unpaired) electrons. The summed E-state index contributed by atoms with van der Waals surface area (Å²) in [5.41, 5.74) is 0.241. The number of carbonyl (C=O) groups is 1. The van der Waals surface area contributed by atoms with Gasteiger partial charge in [-0.15, -0.1) is 0 Å². The van der Waals surface area contributed by atoms with Crippen molar-refractivity contribution >= 4 is 34.9 Å². The minimum absolute atomic E-state index is 0.0190. The van der Waals surface area contributed by atoms with E-state index >= 15 is 0 Å². The van der Waals surface area contributed by atoms with Crippen LogP contribution >= 0.6 is 23.2 Å². The molecule has 0 aliphatic carbocycles. The zero-order valence-electron chi connectivity index (χ0n) is 20.6. The number of pyridine rings is 1. The highest BCUT2D eigenvalue weighted by Gasteiger charge is 2.49. The molecule has 2 fully saturated rings. The van der Waals surface area contributed by atoms with Gasteiger partial charge < -0.3 is 14.9 Å². The molecule has 0 spiro atoms. The molecule has 5 atom stereocenters. The van der Waals surface area contributed by atoms with Crippen molar-refractivity contribution in [3.05, 3.63) is 86.4 Å². The molecule has 194 valence electrons. The van der Waals surface area contributed by atoms with Gasteiger partial charge in [0.25, 0.3) is 5.56 Å². The third-order valence-corrected chi connectivity index (χ3v) is 8.34. The lowest BCUT2D eigenvalue weighted by molar-refractivity contribution is -0.152. The van der Waals surface area contributed by atoms with Crippen LogP contribution in [-0.2, 0) is 10.4 Å². The Morgan fingerprint density at radius 2 is 1.65 bits per heavy atom. The summed E-state index contributed by atoms with van der Waals surface area (Å²) in [7, 11) is 0. The van der Waals surface area contributed by atoms with Crippen molar-refractivity contribution in [2.24, 2.45) is 17.8 Å². The maximum atomic E-state index is 14.0. The lowest BCUT2D eigenvalue weighted by atomic mass is 9.70. The third-order valence-electron chi connectivity index (χ3n) is 7.87. The number of aromatic nitrogens is 3. The Balaban J connectivity index is 1.41. The van der Waals surface area contributed by atoms with E-state index in [1.807, 2.05) is 41.8 Å². The molecule has 5 rings (SSSR count). The summed E-state index contributed by atoms with van der Waals surface area (Å²) in [6.45, 7) is 5.78. The van der Waals surface area contributed by atoms with Crippen LogP contribution in [0.4, 0.5) is 5.82 Å². The third kappa shape index (κ3) is 4.85. The molecular weight excluding hydrogens is 513 g/mol. The van der Waals surface area contributed by atoms with E-state index in [0.29, 0.717) is 42.0 Å². The number of piperidine rings is 1. The van der Waals surface area contributed by atoms with E-state index < -0.39 is 5.60 Å². The highest BCUT2D eigenvalue weighted by atomic mass is 35.5. The molecule has 2 N–H and O–H groups in total. The molecule has 10 heteroatoms. The van der Waals surface area contributed by atoms with Crippen LogP contribution < -0.4 is 10.5 Å². The predicted molar refractivity (Wildman–Crippen MR) is 143 cm³/mol. The van der Waals surface area contributed by atoms with Crippen LogP contribution in [0.1, 0.15) is 31.0 Å². The van der Waals surface area contributed by atoms with Gasteiger partial charge in [0.05, 0.1) is 16.5 Å². The van der Waals surface area contributed by atoms with Gasteiger partial charge in [0.1, 0.15) is 5.82 Å². The second kappa shape index (κ2) is 10.1. The normalized spacial score (nSPS) is 27.9. The Bertz CT molecular complexity index is 1300. The van der Waals surface area contributed by atoms with Crippen LogP contribution in [0.5, 0.6) is 0 Å². The Labute approximate surface area is 225 Å². The first-order chi connectivity index (χ1) is 17.7. The first-order valence-electron chi connectivity index (χ1n) is 12.4. The zero-order valence-corrected chi connectivity index (χ0v) is 22.2. The lowest BCUT2D eigenvalue weighted by Crippen LogP contribution is -2.57. The van der Waals surface area contributed by atoms with Crippen LogP contribution in [0.25, 0.3) is 0 Å². The van der Waals surface area contributed by atoms with E-state index in [-0.39, 0.29) is 35.1 Å². The smallest absolute Gasteiger partial charge is 0.264 e. The molecule has 2 aromatic heterocycles. The fraction of sp³-hybridized carbons (Fsp3) is 0.407. The molecular formula is C27H29Cl2N5O3. The molecule has 2 aliphatic heterocycles. The number of likely N-dealkylation sites (tertiary alicyclic amines) is 1. The summed E-state index contributed by atoms with van der Waals surface area (Å²) >= 11 is 12.1. The van der Waals surface area contributed by atoms with Gasteiger partial charge in [-0.25, -0.2) is 5.10 Å². The van der Waals surface area contributed by atoms with Gasteiger partial charge in [0.2, 0.25) is 5.91 Å². The van der Waals surface area contributed by atoms with Crippen molar-refractivity contribution in [2.45, 2.75) is 25.4 Å². The molecule has 37 heavy (non-hydrogen) atoms. The first kappa shape index (κ1) is 25.7. The molecule has 0 bridgehead atoms. The highest BCUT2D eigenvalue weighted by molar-refractivity contribution is 6.30. The lowest BCUT2D eigenvalue weighted by Gasteiger charge is -2.48. The number of aliphatic hydroxyl groups is 1. The van der Waals surface area contributed by atoms with Gasteiger partial charge in [-0.2, -0.15) is 5.10 Å². The van der Waals surface area contributed by atoms with Gasteiger partial charge >= 0.3 is 0 Å². The number of hydrogen-bond acceptors (Lipinski definition) is 6. The first-order valence-corrected chi connectivity index (χ1v) is 13.1. The molecule has 2 aliphatic rings. The number of rotatable bonds is 4. The van der Waals surface area contributed by atoms with Crippen LogP contribution in [0.2, 0.25) is 10.0 Å². The standard InChI is InChI=1S/C27H29Cl2N5O3/c1-16-12-34(13-17(2)27(16,37)18-3-5-19(28)6-4-18)26(36)22-15-33(24-9-10-25(35)32-31-24)14-21(22)23-8-7-20(29)11-30-23/h3-11,16-17,21-22,37H,12-15H2,1-2H3,(H,32,35)/t16-,17+,21-,22-,27+/m1/s1. The Kier molecular flexibility index (Phi) is 7.00. The van der Waals surface area contributed by atoms with Gasteiger partial charge in [-0.05, 0) is 35.9 Å². The fourth-order valence-electron chi connectivity index (χ4n) is 5.86. The molecule has 3 aromatic rings. The maximum Gasteiger partial charge on any atom is 0.264 e. The summed E-state index contributed by atoms with van der Waals surface area (Å²) in [4.78, 5) is 33.9. The minimum atomic E-state index is -1.07. The van der Waals surface area contributed by atoms with Crippen molar-refractivity contribution < 1.29 is 9.90 Å². The highest BCUT2D eigenvalue weighted by Crippen LogP contribution is 2.43. The van der Waals surface area contributed by atoms with E-state index in [0.717, 1.165) is 11.3 Å². The van der Waals surface area contributed by atoms with E-state index in [1.165, 1.54) is 6.07 Å². The Morgan fingerprint density at radius 1 is 0.973 bits per heavy atom. The topological polar surface area (TPSA) is 102 Å². The van der Waals surface area contributed by atoms with E-state index in [9.17, 15) is 14.7 Å². The number of halogens is 2. The van der Waals surface area contributed by atoms with Crippen molar-refractivity contribution in [3.63, 3.8) is 0 Å². The van der Waals surface area contributed by atoms with Crippen molar-refractivity contribution in [1.29, 1.82) is 0 Å². The molecule has 1 amide bonds. The number of benzene rings is 1. The number of nitrogens with zero attached hydrogens (tertiary/aromatic N) is 4.